The van der Waals surface area contributed by atoms with Gasteiger partial charge in [0, 0.05) is 37.0 Å². The van der Waals surface area contributed by atoms with E-state index in [-0.39, 0.29) is 24.7 Å². The minimum Gasteiger partial charge on any atom is -0.392 e. The topological polar surface area (TPSA) is 95.7 Å². The van der Waals surface area contributed by atoms with E-state index in [1.54, 1.807) is 18.0 Å². The van der Waals surface area contributed by atoms with Crippen LogP contribution < -0.4 is 10.2 Å². The van der Waals surface area contributed by atoms with Gasteiger partial charge in [0.2, 0.25) is 5.91 Å². The summed E-state index contributed by atoms with van der Waals surface area (Å²) in [7, 11) is 1.55. The molecule has 20 heavy (non-hydrogen) atoms. The highest BCUT2D eigenvalue weighted by Crippen LogP contribution is 2.25. The molecule has 0 unspecified atom stereocenters. The molecule has 110 valence electrons. The van der Waals surface area contributed by atoms with Crippen molar-refractivity contribution in [3.63, 3.8) is 0 Å². The molecule has 0 saturated heterocycles. The van der Waals surface area contributed by atoms with Gasteiger partial charge in [-0.1, -0.05) is 6.92 Å². The van der Waals surface area contributed by atoms with Crippen LogP contribution in [-0.2, 0) is 11.4 Å². The monoisotopic (exact) mass is 281 g/mol. The largest absolute Gasteiger partial charge is 0.392 e. The van der Waals surface area contributed by atoms with Crippen LogP contribution in [0.15, 0.2) is 18.2 Å². The van der Waals surface area contributed by atoms with E-state index >= 15 is 0 Å². The van der Waals surface area contributed by atoms with Gasteiger partial charge in [-0.25, -0.2) is 0 Å². The Hall–Kier alpha value is -2.15. The summed E-state index contributed by atoms with van der Waals surface area (Å²) in [4.78, 5) is 23.6. The van der Waals surface area contributed by atoms with Crippen molar-refractivity contribution in [3.05, 3.63) is 33.9 Å². The molecule has 1 aromatic rings. The number of aliphatic hydroxyl groups excluding tert-OH is 1. The molecule has 1 amide bonds. The number of anilines is 1. The number of aliphatic hydroxyl groups is 1. The van der Waals surface area contributed by atoms with E-state index in [1.165, 1.54) is 12.1 Å². The molecule has 0 aliphatic heterocycles. The van der Waals surface area contributed by atoms with Crippen LogP contribution in [0.1, 0.15) is 18.9 Å². The first-order valence-corrected chi connectivity index (χ1v) is 6.37. The number of amides is 1. The second-order valence-corrected chi connectivity index (χ2v) is 4.32. The van der Waals surface area contributed by atoms with Crippen LogP contribution in [0.2, 0.25) is 0 Å². The highest BCUT2D eigenvalue weighted by molar-refractivity contribution is 5.81. The Morgan fingerprint density at radius 1 is 1.50 bits per heavy atom. The number of hydrogen-bond acceptors (Lipinski definition) is 5. The number of nitrogens with one attached hydrogen (secondary N) is 1. The van der Waals surface area contributed by atoms with Crippen molar-refractivity contribution in [2.75, 3.05) is 25.0 Å². The maximum Gasteiger partial charge on any atom is 0.269 e. The van der Waals surface area contributed by atoms with Crippen LogP contribution in [-0.4, -0.2) is 36.1 Å². The van der Waals surface area contributed by atoms with E-state index in [4.69, 9.17) is 0 Å². The fraction of sp³-hybridized carbons (Fsp3) is 0.462. The van der Waals surface area contributed by atoms with Gasteiger partial charge in [-0.3, -0.25) is 14.9 Å². The molecule has 0 bridgehead atoms. The minimum absolute atomic E-state index is 0.0748. The summed E-state index contributed by atoms with van der Waals surface area (Å²) in [5.74, 6) is -0.152. The van der Waals surface area contributed by atoms with Gasteiger partial charge in [0.05, 0.1) is 18.1 Å². The Balaban J connectivity index is 3.11. The van der Waals surface area contributed by atoms with Crippen LogP contribution >= 0.6 is 0 Å². The Morgan fingerprint density at radius 3 is 2.70 bits per heavy atom. The molecule has 0 aliphatic carbocycles. The predicted molar refractivity (Wildman–Crippen MR) is 75.6 cm³/mol. The van der Waals surface area contributed by atoms with Gasteiger partial charge in [0.1, 0.15) is 0 Å². The van der Waals surface area contributed by atoms with Crippen LogP contribution in [0, 0.1) is 10.1 Å². The van der Waals surface area contributed by atoms with Crippen molar-refractivity contribution in [3.8, 4) is 0 Å². The van der Waals surface area contributed by atoms with Gasteiger partial charge >= 0.3 is 0 Å². The normalized spacial score (nSPS) is 10.2. The second kappa shape index (κ2) is 7.44. The maximum atomic E-state index is 11.5. The molecule has 0 saturated carbocycles. The van der Waals surface area contributed by atoms with E-state index in [1.807, 2.05) is 6.92 Å². The van der Waals surface area contributed by atoms with Gasteiger partial charge < -0.3 is 15.3 Å². The Morgan fingerprint density at radius 2 is 2.20 bits per heavy atom. The summed E-state index contributed by atoms with van der Waals surface area (Å²) >= 11 is 0. The minimum atomic E-state index is -0.508. The number of benzene rings is 1. The highest BCUT2D eigenvalue weighted by Gasteiger charge is 2.16. The fourth-order valence-corrected chi connectivity index (χ4v) is 1.93. The fourth-order valence-electron chi connectivity index (χ4n) is 1.93. The summed E-state index contributed by atoms with van der Waals surface area (Å²) in [6.45, 7) is 2.43. The third-order valence-corrected chi connectivity index (χ3v) is 2.89. The van der Waals surface area contributed by atoms with Crippen molar-refractivity contribution < 1.29 is 14.8 Å². The third kappa shape index (κ3) is 3.92. The lowest BCUT2D eigenvalue weighted by Crippen LogP contribution is -2.36. The number of likely N-dealkylation sites (N-methyl/N-ethyl adjacent to an activating group) is 1. The van der Waals surface area contributed by atoms with Crippen LogP contribution in [0.25, 0.3) is 0 Å². The number of hydrogen-bond donors (Lipinski definition) is 2. The number of nitro groups is 1. The number of carbonyl (C=O) groups is 1. The Bertz CT molecular complexity index is 491. The first kappa shape index (κ1) is 15.9. The lowest BCUT2D eigenvalue weighted by atomic mass is 10.1. The average molecular weight is 281 g/mol. The number of rotatable bonds is 7. The molecule has 0 spiro atoms. The number of carbonyl (C=O) groups excluding carboxylic acids is 1. The molecule has 1 aromatic carbocycles. The third-order valence-electron chi connectivity index (χ3n) is 2.89. The molecular weight excluding hydrogens is 262 g/mol. The van der Waals surface area contributed by atoms with Crippen molar-refractivity contribution in [2.24, 2.45) is 0 Å². The zero-order chi connectivity index (χ0) is 15.1. The van der Waals surface area contributed by atoms with E-state index in [2.05, 4.69) is 5.32 Å². The average Bonchev–Trinajstić information content (AvgIpc) is 2.45. The van der Waals surface area contributed by atoms with Gasteiger partial charge in [-0.05, 0) is 12.5 Å². The number of nitrogens with zero attached hydrogens (tertiary/aromatic N) is 2. The zero-order valence-corrected chi connectivity index (χ0v) is 11.6. The summed E-state index contributed by atoms with van der Waals surface area (Å²) in [5.41, 5.74) is 1.01. The van der Waals surface area contributed by atoms with Gasteiger partial charge in [-0.15, -0.1) is 0 Å². The Labute approximate surface area is 117 Å². The first-order chi connectivity index (χ1) is 9.53. The Kier molecular flexibility index (Phi) is 5.92. The second-order valence-electron chi connectivity index (χ2n) is 4.32. The molecule has 7 nitrogen and oxygen atoms in total. The lowest BCUT2D eigenvalue weighted by molar-refractivity contribution is -0.384. The van der Waals surface area contributed by atoms with Crippen LogP contribution in [0.5, 0.6) is 0 Å². The molecule has 2 N–H and O–H groups in total. The summed E-state index contributed by atoms with van der Waals surface area (Å²) in [6.07, 6.45) is 0.818. The maximum absolute atomic E-state index is 11.5. The van der Waals surface area contributed by atoms with E-state index in [0.29, 0.717) is 17.8 Å². The van der Waals surface area contributed by atoms with E-state index in [0.717, 1.165) is 6.42 Å². The lowest BCUT2D eigenvalue weighted by Gasteiger charge is -2.25. The zero-order valence-electron chi connectivity index (χ0n) is 11.6. The molecule has 0 radical (unpaired) electrons. The molecule has 1 rings (SSSR count). The number of non-ortho nitro benzene ring substituents is 1. The standard InChI is InChI=1S/C13H19N3O4/c1-3-6-15(8-13(18)14-2)12-5-4-11(16(19)20)7-10(12)9-17/h4-5,7,17H,3,6,8-9H2,1-2H3,(H,14,18). The SMILES string of the molecule is CCCN(CC(=O)NC)c1ccc([N+](=O)[O-])cc1CO. The summed E-state index contributed by atoms with van der Waals surface area (Å²) < 4.78 is 0. The first-order valence-electron chi connectivity index (χ1n) is 6.37. The van der Waals surface area contributed by atoms with Crippen molar-refractivity contribution >= 4 is 17.3 Å². The molecule has 0 aliphatic rings. The van der Waals surface area contributed by atoms with Gasteiger partial charge in [0.25, 0.3) is 5.69 Å². The number of nitro benzene ring substituents is 1. The van der Waals surface area contributed by atoms with E-state index in [9.17, 15) is 20.0 Å². The van der Waals surface area contributed by atoms with Crippen LogP contribution in [0.4, 0.5) is 11.4 Å². The highest BCUT2D eigenvalue weighted by atomic mass is 16.6. The summed E-state index contributed by atoms with van der Waals surface area (Å²) in [6, 6.07) is 4.28. The smallest absolute Gasteiger partial charge is 0.269 e. The van der Waals surface area contributed by atoms with Crippen molar-refractivity contribution in [1.82, 2.24) is 5.32 Å². The van der Waals surface area contributed by atoms with Gasteiger partial charge in [0.15, 0.2) is 0 Å². The quantitative estimate of drug-likeness (QED) is 0.575. The van der Waals surface area contributed by atoms with Crippen LogP contribution in [0.3, 0.4) is 0 Å². The molecular formula is C13H19N3O4. The van der Waals surface area contributed by atoms with Crippen molar-refractivity contribution in [1.29, 1.82) is 0 Å². The summed E-state index contributed by atoms with van der Waals surface area (Å²) in [5, 5.41) is 22.7. The predicted octanol–water partition coefficient (Wildman–Crippen LogP) is 1.05. The molecule has 0 aromatic heterocycles. The van der Waals surface area contributed by atoms with Gasteiger partial charge in [-0.2, -0.15) is 0 Å². The van der Waals surface area contributed by atoms with E-state index < -0.39 is 4.92 Å². The molecule has 0 fully saturated rings. The molecule has 0 atom stereocenters. The van der Waals surface area contributed by atoms with Crippen molar-refractivity contribution in [2.45, 2.75) is 20.0 Å². The molecule has 7 heteroatoms. The molecule has 0 heterocycles.